The summed E-state index contributed by atoms with van der Waals surface area (Å²) < 4.78 is 29.8. The van der Waals surface area contributed by atoms with Gasteiger partial charge in [0.15, 0.2) is 9.84 Å². The molecule has 2 aromatic rings. The molecule has 4 rings (SSSR count). The second kappa shape index (κ2) is 8.63. The van der Waals surface area contributed by atoms with Gasteiger partial charge in [0.1, 0.15) is 0 Å². The molecule has 1 N–H and O–H groups in total. The van der Waals surface area contributed by atoms with Crippen LogP contribution in [-0.2, 0) is 14.6 Å². The van der Waals surface area contributed by atoms with E-state index in [0.29, 0.717) is 10.9 Å². The number of carbonyl (C=O) groups is 1. The third-order valence-electron chi connectivity index (χ3n) is 5.10. The van der Waals surface area contributed by atoms with E-state index >= 15 is 0 Å². The molecule has 2 aliphatic rings. The Balaban J connectivity index is 1.33. The lowest BCUT2D eigenvalue weighted by molar-refractivity contribution is -0.119. The van der Waals surface area contributed by atoms with Crippen LogP contribution >= 0.6 is 23.4 Å². The Morgan fingerprint density at radius 1 is 1.21 bits per heavy atom. The summed E-state index contributed by atoms with van der Waals surface area (Å²) in [6, 6.07) is 6.49. The quantitative estimate of drug-likeness (QED) is 0.656. The fourth-order valence-corrected chi connectivity index (χ4v) is 6.41. The lowest BCUT2D eigenvalue weighted by atomic mass is 10.1. The molecule has 0 aliphatic carbocycles. The first kappa shape index (κ1) is 20.6. The summed E-state index contributed by atoms with van der Waals surface area (Å²) in [5, 5.41) is 11.7. The van der Waals surface area contributed by atoms with Crippen molar-refractivity contribution in [1.29, 1.82) is 0 Å². The lowest BCUT2D eigenvalue weighted by Crippen LogP contribution is -2.50. The molecule has 1 amide bonds. The minimum Gasteiger partial charge on any atom is -0.411 e. The van der Waals surface area contributed by atoms with Gasteiger partial charge in [0.2, 0.25) is 11.8 Å². The topological polar surface area (TPSA) is 105 Å². The van der Waals surface area contributed by atoms with E-state index in [9.17, 15) is 13.2 Å². The maximum atomic E-state index is 12.4. The summed E-state index contributed by atoms with van der Waals surface area (Å²) in [7, 11) is -3.14. The van der Waals surface area contributed by atoms with E-state index in [1.165, 1.54) is 0 Å². The molecular formula is C18H21ClN4O4S2. The molecule has 2 fully saturated rings. The first-order chi connectivity index (χ1) is 13.9. The fraction of sp³-hybridized carbons (Fsp3) is 0.500. The second-order valence-electron chi connectivity index (χ2n) is 7.23. The highest BCUT2D eigenvalue weighted by Crippen LogP contribution is 2.25. The van der Waals surface area contributed by atoms with Crippen LogP contribution in [-0.4, -0.2) is 71.9 Å². The average Bonchev–Trinajstić information content (AvgIpc) is 3.41. The Bertz CT molecular complexity index is 974. The van der Waals surface area contributed by atoms with Crippen LogP contribution in [0, 0.1) is 0 Å². The highest BCUT2D eigenvalue weighted by atomic mass is 35.5. The Hall–Kier alpha value is -1.62. The molecule has 2 atom stereocenters. The highest BCUT2D eigenvalue weighted by Gasteiger charge is 2.42. The number of halogens is 1. The SMILES string of the molecule is O=C(CSc1nnc(-c2ccc(Cl)cc2)o1)NC1CS(=O)(=O)CC1N1CCCC1. The first-order valence-electron chi connectivity index (χ1n) is 9.36. The van der Waals surface area contributed by atoms with E-state index in [4.69, 9.17) is 16.0 Å². The number of thioether (sulfide) groups is 1. The zero-order valence-corrected chi connectivity index (χ0v) is 18.0. The summed E-state index contributed by atoms with van der Waals surface area (Å²) in [6.45, 7) is 1.77. The minimum atomic E-state index is -3.14. The van der Waals surface area contributed by atoms with Crippen molar-refractivity contribution in [2.24, 2.45) is 0 Å². The standard InChI is InChI=1S/C18H21ClN4O4S2/c19-13-5-3-12(4-6-13)17-21-22-18(27-17)28-9-16(24)20-14-10-29(25,26)11-15(14)23-7-1-2-8-23/h3-6,14-15H,1-2,7-11H2,(H,20,24). The molecule has 0 spiro atoms. The van der Waals surface area contributed by atoms with Crippen LogP contribution in [0.5, 0.6) is 0 Å². The molecule has 1 aromatic carbocycles. The van der Waals surface area contributed by atoms with Crippen molar-refractivity contribution in [2.45, 2.75) is 30.1 Å². The zero-order valence-electron chi connectivity index (χ0n) is 15.6. The number of carbonyl (C=O) groups excluding carboxylic acids is 1. The summed E-state index contributed by atoms with van der Waals surface area (Å²) >= 11 is 6.99. The van der Waals surface area contributed by atoms with Gasteiger partial charge in [-0.1, -0.05) is 23.4 Å². The Labute approximate surface area is 178 Å². The number of likely N-dealkylation sites (tertiary alicyclic amines) is 1. The van der Waals surface area contributed by atoms with Crippen molar-refractivity contribution in [3.63, 3.8) is 0 Å². The van der Waals surface area contributed by atoms with Crippen LogP contribution in [0.4, 0.5) is 0 Å². The van der Waals surface area contributed by atoms with Gasteiger partial charge in [-0.3, -0.25) is 9.69 Å². The van der Waals surface area contributed by atoms with Crippen molar-refractivity contribution in [3.05, 3.63) is 29.3 Å². The molecule has 2 saturated heterocycles. The Morgan fingerprint density at radius 2 is 1.93 bits per heavy atom. The number of hydrogen-bond acceptors (Lipinski definition) is 8. The predicted molar refractivity (Wildman–Crippen MR) is 111 cm³/mol. The van der Waals surface area contributed by atoms with Gasteiger partial charge in [0, 0.05) is 16.6 Å². The van der Waals surface area contributed by atoms with Crippen molar-refractivity contribution < 1.29 is 17.6 Å². The van der Waals surface area contributed by atoms with Crippen LogP contribution in [0.15, 0.2) is 33.9 Å². The van der Waals surface area contributed by atoms with Gasteiger partial charge >= 0.3 is 0 Å². The number of amides is 1. The van der Waals surface area contributed by atoms with Crippen LogP contribution in [0.2, 0.25) is 5.02 Å². The number of sulfone groups is 1. The third kappa shape index (κ3) is 5.11. The van der Waals surface area contributed by atoms with Crippen LogP contribution in [0.25, 0.3) is 11.5 Å². The summed E-state index contributed by atoms with van der Waals surface area (Å²) in [5.41, 5.74) is 0.739. The van der Waals surface area contributed by atoms with Gasteiger partial charge in [0.25, 0.3) is 5.22 Å². The van der Waals surface area contributed by atoms with Gasteiger partial charge < -0.3 is 9.73 Å². The highest BCUT2D eigenvalue weighted by molar-refractivity contribution is 7.99. The first-order valence-corrected chi connectivity index (χ1v) is 12.5. The minimum absolute atomic E-state index is 0.00809. The van der Waals surface area contributed by atoms with E-state index < -0.39 is 9.84 Å². The molecular weight excluding hydrogens is 436 g/mol. The average molecular weight is 457 g/mol. The molecule has 29 heavy (non-hydrogen) atoms. The van der Waals surface area contributed by atoms with Crippen molar-refractivity contribution in [2.75, 3.05) is 30.3 Å². The molecule has 0 bridgehead atoms. The number of benzene rings is 1. The van der Waals surface area contributed by atoms with Gasteiger partial charge in [-0.2, -0.15) is 0 Å². The summed E-state index contributed by atoms with van der Waals surface area (Å²) in [4.78, 5) is 14.6. The summed E-state index contributed by atoms with van der Waals surface area (Å²) in [5.74, 6) is 0.282. The van der Waals surface area contributed by atoms with E-state index in [1.807, 2.05) is 0 Å². The lowest BCUT2D eigenvalue weighted by Gasteiger charge is -2.28. The van der Waals surface area contributed by atoms with Crippen molar-refractivity contribution >= 4 is 39.1 Å². The normalized spacial score (nSPS) is 24.0. The van der Waals surface area contributed by atoms with E-state index in [1.54, 1.807) is 24.3 Å². The van der Waals surface area contributed by atoms with Gasteiger partial charge in [-0.25, -0.2) is 8.42 Å². The van der Waals surface area contributed by atoms with Crippen LogP contribution in [0.3, 0.4) is 0 Å². The molecule has 2 aliphatic heterocycles. The molecule has 11 heteroatoms. The van der Waals surface area contributed by atoms with E-state index in [-0.39, 0.29) is 40.5 Å². The second-order valence-corrected chi connectivity index (χ2v) is 10.7. The number of rotatable bonds is 6. The Morgan fingerprint density at radius 3 is 2.66 bits per heavy atom. The van der Waals surface area contributed by atoms with E-state index in [2.05, 4.69) is 20.4 Å². The monoisotopic (exact) mass is 456 g/mol. The molecule has 2 unspecified atom stereocenters. The predicted octanol–water partition coefficient (Wildman–Crippen LogP) is 1.86. The molecule has 0 radical (unpaired) electrons. The van der Waals surface area contributed by atoms with Crippen molar-refractivity contribution in [1.82, 2.24) is 20.4 Å². The van der Waals surface area contributed by atoms with Crippen LogP contribution in [0.1, 0.15) is 12.8 Å². The van der Waals surface area contributed by atoms with Crippen molar-refractivity contribution in [3.8, 4) is 11.5 Å². The van der Waals surface area contributed by atoms with E-state index in [0.717, 1.165) is 43.3 Å². The van der Waals surface area contributed by atoms with Crippen LogP contribution < -0.4 is 5.32 Å². The van der Waals surface area contributed by atoms with Gasteiger partial charge in [-0.05, 0) is 50.2 Å². The molecule has 8 nitrogen and oxygen atoms in total. The van der Waals surface area contributed by atoms with Gasteiger partial charge in [-0.15, -0.1) is 10.2 Å². The maximum absolute atomic E-state index is 12.4. The van der Waals surface area contributed by atoms with Gasteiger partial charge in [0.05, 0.1) is 23.3 Å². The molecule has 3 heterocycles. The maximum Gasteiger partial charge on any atom is 0.277 e. The number of nitrogens with one attached hydrogen (secondary N) is 1. The molecule has 0 saturated carbocycles. The largest absolute Gasteiger partial charge is 0.411 e. The third-order valence-corrected chi connectivity index (χ3v) is 7.89. The summed E-state index contributed by atoms with van der Waals surface area (Å²) in [6.07, 6.45) is 2.14. The molecule has 156 valence electrons. The number of hydrogen-bond donors (Lipinski definition) is 1. The number of nitrogens with zero attached hydrogens (tertiary/aromatic N) is 3. The Kier molecular flexibility index (Phi) is 6.14. The zero-order chi connectivity index (χ0) is 20.4. The number of aromatic nitrogens is 2. The fourth-order valence-electron chi connectivity index (χ4n) is 3.75. The molecule has 1 aromatic heterocycles. The smallest absolute Gasteiger partial charge is 0.277 e.